The van der Waals surface area contributed by atoms with Crippen LogP contribution in [0.1, 0.15) is 78.2 Å². The van der Waals surface area contributed by atoms with Crippen molar-refractivity contribution >= 4 is 46.2 Å². The number of benzene rings is 2. The maximum atomic E-state index is 13.2. The predicted molar refractivity (Wildman–Crippen MR) is 213 cm³/mol. The molecule has 4 saturated carbocycles. The van der Waals surface area contributed by atoms with Gasteiger partial charge in [-0.2, -0.15) is 0 Å². The number of hydrogen-bond donors (Lipinski definition) is 3. The van der Waals surface area contributed by atoms with Gasteiger partial charge in [0, 0.05) is 47.1 Å². The Labute approximate surface area is 338 Å². The molecule has 3 amide bonds. The summed E-state index contributed by atoms with van der Waals surface area (Å²) >= 11 is 6.05. The Balaban J connectivity index is 0.755. The van der Waals surface area contributed by atoms with Crippen LogP contribution in [-0.4, -0.2) is 118 Å². The minimum absolute atomic E-state index is 0.0483. The molecule has 57 heavy (non-hydrogen) atoms. The Morgan fingerprint density at radius 2 is 1.40 bits per heavy atom. The van der Waals surface area contributed by atoms with Crippen molar-refractivity contribution in [3.8, 4) is 0 Å². The maximum Gasteiger partial charge on any atom is 0.328 e. The number of alkyl halides is 1. The third-order valence-corrected chi connectivity index (χ3v) is 12.3. The minimum atomic E-state index is -0.863. The highest BCUT2D eigenvalue weighted by Crippen LogP contribution is 2.55. The minimum Gasteiger partial charge on any atom is -0.467 e. The molecule has 8 rings (SSSR count). The number of nitrogens with zero attached hydrogens (tertiary/aromatic N) is 1. The number of nitrogens with one attached hydrogen (secondary N) is 3. The number of esters is 1. The number of ether oxygens (including phenoxy) is 5. The summed E-state index contributed by atoms with van der Waals surface area (Å²) in [5.41, 5.74) is 3.84. The molecule has 0 radical (unpaired) electrons. The van der Waals surface area contributed by atoms with Gasteiger partial charge >= 0.3 is 5.97 Å². The van der Waals surface area contributed by atoms with Crippen LogP contribution in [0.15, 0.2) is 48.5 Å². The van der Waals surface area contributed by atoms with Crippen molar-refractivity contribution < 1.29 is 42.9 Å². The molecule has 4 aliphatic carbocycles. The molecule has 0 unspecified atom stereocenters. The molecule has 3 aromatic rings. The molecular weight excluding hydrogens is 752 g/mol. The second-order valence-corrected chi connectivity index (χ2v) is 16.2. The second-order valence-electron chi connectivity index (χ2n) is 16.0. The van der Waals surface area contributed by atoms with Crippen molar-refractivity contribution in [3.05, 3.63) is 70.9 Å². The number of amides is 3. The van der Waals surface area contributed by atoms with Gasteiger partial charge in [-0.3, -0.25) is 14.4 Å². The molecule has 4 bridgehead atoms. The number of carbonyl (C=O) groups is 4. The van der Waals surface area contributed by atoms with E-state index in [-0.39, 0.29) is 29.7 Å². The van der Waals surface area contributed by atoms with E-state index in [9.17, 15) is 19.2 Å². The van der Waals surface area contributed by atoms with Gasteiger partial charge in [-0.05, 0) is 85.6 Å². The zero-order chi connectivity index (χ0) is 39.8. The molecule has 14 heteroatoms. The van der Waals surface area contributed by atoms with Gasteiger partial charge in [0.25, 0.3) is 5.91 Å². The van der Waals surface area contributed by atoms with Gasteiger partial charge in [-0.15, -0.1) is 11.6 Å². The van der Waals surface area contributed by atoms with Crippen molar-refractivity contribution in [1.82, 2.24) is 20.5 Å². The summed E-state index contributed by atoms with van der Waals surface area (Å²) < 4.78 is 27.5. The fourth-order valence-electron chi connectivity index (χ4n) is 10.0. The molecule has 2 aromatic carbocycles. The van der Waals surface area contributed by atoms with E-state index >= 15 is 0 Å². The molecule has 2 atom stereocenters. The summed E-state index contributed by atoms with van der Waals surface area (Å²) in [6.07, 6.45) is 8.23. The van der Waals surface area contributed by atoms with Crippen molar-refractivity contribution in [3.63, 3.8) is 0 Å². The molecule has 2 heterocycles. The third kappa shape index (κ3) is 9.83. The van der Waals surface area contributed by atoms with Crippen LogP contribution in [0.5, 0.6) is 0 Å². The van der Waals surface area contributed by atoms with Gasteiger partial charge in [0.1, 0.15) is 11.9 Å². The summed E-state index contributed by atoms with van der Waals surface area (Å²) in [5.74, 6) is 1.04. The molecule has 0 saturated heterocycles. The predicted octanol–water partition coefficient (Wildman–Crippen LogP) is 4.69. The fourth-order valence-corrected chi connectivity index (χ4v) is 10.2. The lowest BCUT2D eigenvalue weighted by Crippen LogP contribution is -2.59. The molecule has 308 valence electrons. The standard InChI is InChI=1S/C43H55ClN4O9/c1-53-42(52)36-23-34-33-4-2-3-5-35(33)46-39(34)40(48(36)38(50)27-44)31-6-8-32(9-7-31)41(51)45-11-13-55-15-17-57-19-18-56-16-14-54-12-10-37(49)47-43-24-28-20-29(25-43)22-30(21-28)26-43/h2-9,28-30,36,40,46H,10-27H2,1H3,(H,45,51)(H,47,49)/t28?,29?,30?,36-,40-,43?/m1/s1. The van der Waals surface area contributed by atoms with Gasteiger partial charge < -0.3 is 44.2 Å². The van der Waals surface area contributed by atoms with E-state index in [1.807, 2.05) is 24.3 Å². The largest absolute Gasteiger partial charge is 0.467 e. The van der Waals surface area contributed by atoms with E-state index in [4.69, 9.17) is 35.3 Å². The highest BCUT2D eigenvalue weighted by molar-refractivity contribution is 6.27. The first-order valence-corrected chi connectivity index (χ1v) is 20.9. The maximum absolute atomic E-state index is 13.2. The Morgan fingerprint density at radius 3 is 2.02 bits per heavy atom. The lowest BCUT2D eigenvalue weighted by molar-refractivity contribution is -0.154. The summed E-state index contributed by atoms with van der Waals surface area (Å²) in [4.78, 5) is 56.7. The highest BCUT2D eigenvalue weighted by Gasteiger charge is 2.51. The topological polar surface area (TPSA) is 158 Å². The Morgan fingerprint density at radius 1 is 0.807 bits per heavy atom. The first kappa shape index (κ1) is 41.2. The number of methoxy groups -OCH3 is 1. The van der Waals surface area contributed by atoms with Crippen molar-refractivity contribution in [2.45, 2.75) is 69.0 Å². The van der Waals surface area contributed by atoms with Gasteiger partial charge in [0.2, 0.25) is 11.8 Å². The molecular formula is C43H55ClN4O9. The molecule has 1 aromatic heterocycles. The fraction of sp³-hybridized carbons (Fsp3) is 0.581. The van der Waals surface area contributed by atoms with Crippen LogP contribution in [-0.2, 0) is 44.5 Å². The van der Waals surface area contributed by atoms with E-state index in [1.165, 1.54) is 31.3 Å². The molecule has 5 aliphatic rings. The Kier molecular flexibility index (Phi) is 13.8. The molecule has 4 fully saturated rings. The number of H-pyrrole nitrogens is 1. The van der Waals surface area contributed by atoms with Crippen molar-refractivity contribution in [2.75, 3.05) is 72.4 Å². The van der Waals surface area contributed by atoms with E-state index in [0.717, 1.165) is 64.7 Å². The Bertz CT molecular complexity index is 1830. The Hall–Kier alpha value is -4.01. The van der Waals surface area contributed by atoms with Gasteiger partial charge in [-0.1, -0.05) is 30.3 Å². The number of hydrogen-bond acceptors (Lipinski definition) is 9. The quantitative estimate of drug-likeness (QED) is 0.0838. The van der Waals surface area contributed by atoms with Crippen LogP contribution in [0.2, 0.25) is 0 Å². The van der Waals surface area contributed by atoms with Crippen LogP contribution in [0.3, 0.4) is 0 Å². The van der Waals surface area contributed by atoms with E-state index in [1.54, 1.807) is 24.3 Å². The van der Waals surface area contributed by atoms with Crippen LogP contribution >= 0.6 is 11.6 Å². The van der Waals surface area contributed by atoms with Crippen LogP contribution in [0, 0.1) is 17.8 Å². The van der Waals surface area contributed by atoms with Crippen molar-refractivity contribution in [2.24, 2.45) is 17.8 Å². The third-order valence-electron chi connectivity index (χ3n) is 12.1. The smallest absolute Gasteiger partial charge is 0.328 e. The molecule has 3 N–H and O–H groups in total. The summed E-state index contributed by atoms with van der Waals surface area (Å²) in [6.45, 7) is 3.52. The van der Waals surface area contributed by atoms with Crippen molar-refractivity contribution in [1.29, 1.82) is 0 Å². The van der Waals surface area contributed by atoms with E-state index in [0.29, 0.717) is 71.4 Å². The number of rotatable bonds is 20. The number of halogens is 1. The normalized spacial score (nSPS) is 24.7. The molecule has 13 nitrogen and oxygen atoms in total. The van der Waals surface area contributed by atoms with Gasteiger partial charge in [0.15, 0.2) is 0 Å². The summed E-state index contributed by atoms with van der Waals surface area (Å²) in [5, 5.41) is 7.23. The molecule has 1 aliphatic heterocycles. The zero-order valence-electron chi connectivity index (χ0n) is 32.7. The van der Waals surface area contributed by atoms with Crippen LogP contribution < -0.4 is 10.6 Å². The average Bonchev–Trinajstić information content (AvgIpc) is 3.58. The van der Waals surface area contributed by atoms with E-state index < -0.39 is 24.0 Å². The number of para-hydroxylation sites is 1. The number of aromatic nitrogens is 1. The van der Waals surface area contributed by atoms with Gasteiger partial charge in [0.05, 0.1) is 66.0 Å². The van der Waals surface area contributed by atoms with E-state index in [2.05, 4.69) is 15.6 Å². The molecule has 0 spiro atoms. The van der Waals surface area contributed by atoms with Crippen LogP contribution in [0.25, 0.3) is 10.9 Å². The van der Waals surface area contributed by atoms with Crippen LogP contribution in [0.4, 0.5) is 0 Å². The van der Waals surface area contributed by atoms with Gasteiger partial charge in [-0.25, -0.2) is 4.79 Å². The SMILES string of the molecule is COC(=O)[C@H]1Cc2c([nH]c3ccccc23)[C@@H](c2ccc(C(=O)NCCOCCOCCOCCOCCC(=O)NC34CC5CC(CC(C5)C3)C4)cc2)N1C(=O)CCl. The summed E-state index contributed by atoms with van der Waals surface area (Å²) in [6, 6.07) is 13.3. The first-order chi connectivity index (χ1) is 27.8. The lowest BCUT2D eigenvalue weighted by atomic mass is 9.53. The average molecular weight is 807 g/mol. The number of aromatic amines is 1. The second kappa shape index (κ2) is 19.2. The first-order valence-electron chi connectivity index (χ1n) is 20.3. The zero-order valence-corrected chi connectivity index (χ0v) is 33.5. The monoisotopic (exact) mass is 806 g/mol. The number of carbonyl (C=O) groups excluding carboxylic acids is 4. The highest BCUT2D eigenvalue weighted by atomic mass is 35.5. The summed E-state index contributed by atoms with van der Waals surface area (Å²) in [7, 11) is 1.31. The lowest BCUT2D eigenvalue weighted by Gasteiger charge is -2.56. The number of fused-ring (bicyclic) bond motifs is 3.